The van der Waals surface area contributed by atoms with Crippen molar-refractivity contribution in [2.24, 2.45) is 0 Å². The van der Waals surface area contributed by atoms with E-state index in [0.717, 1.165) is 37.3 Å². The highest BCUT2D eigenvalue weighted by Crippen LogP contribution is 2.16. The van der Waals surface area contributed by atoms with Crippen LogP contribution in [0.15, 0.2) is 58.3 Å². The highest BCUT2D eigenvalue weighted by molar-refractivity contribution is 7.89. The normalized spacial score (nSPS) is 12.5. The summed E-state index contributed by atoms with van der Waals surface area (Å²) >= 11 is 0. The molecule has 0 saturated heterocycles. The Morgan fingerprint density at radius 3 is 1.17 bits per heavy atom. The van der Waals surface area contributed by atoms with E-state index in [0.29, 0.717) is 32.6 Å². The van der Waals surface area contributed by atoms with Crippen molar-refractivity contribution >= 4 is 20.0 Å². The third-order valence-corrected chi connectivity index (χ3v) is 9.06. The Kier molecular flexibility index (Phi) is 11.8. The number of hydrogen-bond donors (Lipinski definition) is 2. The maximum Gasteiger partial charge on any atom is 0.240 e. The van der Waals surface area contributed by atoms with Gasteiger partial charge in [0, 0.05) is 26.2 Å². The zero-order chi connectivity index (χ0) is 25.9. The van der Waals surface area contributed by atoms with Crippen LogP contribution in [0.3, 0.4) is 0 Å². The molecule has 0 atom stereocenters. The molecule has 0 heterocycles. The molecule has 2 aromatic rings. The van der Waals surface area contributed by atoms with Gasteiger partial charge in [0.2, 0.25) is 20.0 Å². The maximum absolute atomic E-state index is 12.5. The van der Waals surface area contributed by atoms with Crippen molar-refractivity contribution < 1.29 is 16.8 Å². The monoisotopic (exact) mass is 524 g/mol. The second-order valence-corrected chi connectivity index (χ2v) is 11.8. The van der Waals surface area contributed by atoms with Gasteiger partial charge in [0.05, 0.1) is 9.79 Å². The van der Waals surface area contributed by atoms with Gasteiger partial charge in [0.15, 0.2) is 0 Å². The van der Waals surface area contributed by atoms with Gasteiger partial charge in [-0.3, -0.25) is 0 Å². The zero-order valence-corrected chi connectivity index (χ0v) is 23.0. The molecule has 0 unspecified atom stereocenters. The summed E-state index contributed by atoms with van der Waals surface area (Å²) in [6, 6.07) is 13.6. The van der Waals surface area contributed by atoms with Crippen molar-refractivity contribution in [2.45, 2.75) is 43.9 Å². The first-order valence-corrected chi connectivity index (χ1v) is 15.2. The van der Waals surface area contributed by atoms with Crippen LogP contribution in [0.4, 0.5) is 0 Å². The molecule has 35 heavy (non-hydrogen) atoms. The Morgan fingerprint density at radius 1 is 0.571 bits per heavy atom. The van der Waals surface area contributed by atoms with Crippen molar-refractivity contribution in [3.63, 3.8) is 0 Å². The molecule has 0 radical (unpaired) electrons. The highest BCUT2D eigenvalue weighted by atomic mass is 32.2. The molecule has 2 aromatic carbocycles. The summed E-state index contributed by atoms with van der Waals surface area (Å²) in [5, 5.41) is 0. The van der Waals surface area contributed by atoms with Gasteiger partial charge in [-0.1, -0.05) is 52.0 Å². The van der Waals surface area contributed by atoms with Crippen LogP contribution in [-0.2, 0) is 26.5 Å². The van der Waals surface area contributed by atoms with Crippen LogP contribution in [0.5, 0.6) is 0 Å². The quantitative estimate of drug-likeness (QED) is 0.350. The minimum absolute atomic E-state index is 0.234. The lowest BCUT2D eigenvalue weighted by Crippen LogP contribution is -2.34. The molecular formula is C25H40N4O4S2. The van der Waals surface area contributed by atoms with Crippen LogP contribution < -0.4 is 9.44 Å². The van der Waals surface area contributed by atoms with Crippen molar-refractivity contribution in [1.29, 1.82) is 0 Å². The van der Waals surface area contributed by atoms with Gasteiger partial charge in [0.25, 0.3) is 0 Å². The summed E-state index contributed by atoms with van der Waals surface area (Å²) < 4.78 is 55.5. The van der Waals surface area contributed by atoms with Gasteiger partial charge < -0.3 is 9.80 Å². The molecule has 0 amide bonds. The highest BCUT2D eigenvalue weighted by Gasteiger charge is 2.15. The van der Waals surface area contributed by atoms with Crippen LogP contribution in [0, 0.1) is 0 Å². The molecule has 0 aliphatic carbocycles. The lowest BCUT2D eigenvalue weighted by molar-refractivity contribution is 0.309. The maximum atomic E-state index is 12.5. The SMILES string of the molecule is CCN(CC)CCNS(=O)(=O)c1ccc(Cc2ccc(S(=O)(=O)NCCN(CC)CC)cc2)cc1. The first kappa shape index (κ1) is 29.4. The smallest absolute Gasteiger partial charge is 0.240 e. The Morgan fingerprint density at radius 2 is 0.886 bits per heavy atom. The van der Waals surface area contributed by atoms with Gasteiger partial charge in [0.1, 0.15) is 0 Å². The first-order valence-electron chi connectivity index (χ1n) is 12.3. The van der Waals surface area contributed by atoms with E-state index in [-0.39, 0.29) is 9.79 Å². The molecule has 196 valence electrons. The van der Waals surface area contributed by atoms with E-state index in [4.69, 9.17) is 0 Å². The van der Waals surface area contributed by atoms with Crippen LogP contribution in [0.25, 0.3) is 0 Å². The molecule has 0 fully saturated rings. The molecule has 8 nitrogen and oxygen atoms in total. The predicted molar refractivity (Wildman–Crippen MR) is 142 cm³/mol. The van der Waals surface area contributed by atoms with Gasteiger partial charge >= 0.3 is 0 Å². The molecule has 0 aliphatic rings. The van der Waals surface area contributed by atoms with E-state index < -0.39 is 20.0 Å². The van der Waals surface area contributed by atoms with Gasteiger partial charge in [-0.2, -0.15) is 0 Å². The van der Waals surface area contributed by atoms with Crippen LogP contribution in [-0.4, -0.2) is 79.0 Å². The van der Waals surface area contributed by atoms with Gasteiger partial charge in [-0.05, 0) is 68.0 Å². The minimum atomic E-state index is -3.55. The van der Waals surface area contributed by atoms with E-state index in [1.54, 1.807) is 48.5 Å². The van der Waals surface area contributed by atoms with Gasteiger partial charge in [-0.15, -0.1) is 0 Å². The summed E-state index contributed by atoms with van der Waals surface area (Å²) in [6.07, 6.45) is 0.575. The number of rotatable bonds is 16. The van der Waals surface area contributed by atoms with E-state index in [9.17, 15) is 16.8 Å². The summed E-state index contributed by atoms with van der Waals surface area (Å²) in [5.41, 5.74) is 1.89. The molecule has 10 heteroatoms. The largest absolute Gasteiger partial charge is 0.303 e. The molecule has 0 bridgehead atoms. The standard InChI is InChI=1S/C25H40N4O4S2/c1-5-28(6-2)19-17-26-34(30,31)24-13-9-22(10-14-24)21-23-11-15-25(16-12-23)35(32,33)27-18-20-29(7-3)8-4/h9-16,26-27H,5-8,17-21H2,1-4H3. The number of hydrogen-bond acceptors (Lipinski definition) is 6. The molecule has 0 aromatic heterocycles. The number of benzene rings is 2. The lowest BCUT2D eigenvalue weighted by atomic mass is 10.1. The van der Waals surface area contributed by atoms with Crippen LogP contribution in [0.2, 0.25) is 0 Å². The van der Waals surface area contributed by atoms with Crippen molar-refractivity contribution in [3.05, 3.63) is 59.7 Å². The lowest BCUT2D eigenvalue weighted by Gasteiger charge is -2.18. The fourth-order valence-corrected chi connectivity index (χ4v) is 5.77. The Bertz CT molecular complexity index is 1010. The number of nitrogens with one attached hydrogen (secondary N) is 2. The number of nitrogens with zero attached hydrogens (tertiary/aromatic N) is 2. The van der Waals surface area contributed by atoms with Gasteiger partial charge in [-0.25, -0.2) is 26.3 Å². The number of likely N-dealkylation sites (N-methyl/N-ethyl adjacent to an activating group) is 2. The van der Waals surface area contributed by atoms with E-state index >= 15 is 0 Å². The summed E-state index contributed by atoms with van der Waals surface area (Å²) in [5.74, 6) is 0. The van der Waals surface area contributed by atoms with Crippen LogP contribution in [0.1, 0.15) is 38.8 Å². The van der Waals surface area contributed by atoms with Crippen molar-refractivity contribution in [2.75, 3.05) is 52.4 Å². The molecule has 0 aliphatic heterocycles. The molecule has 2 N–H and O–H groups in total. The Labute approximate surface area is 211 Å². The fourth-order valence-electron chi connectivity index (χ4n) is 3.73. The fraction of sp³-hybridized carbons (Fsp3) is 0.520. The number of sulfonamides is 2. The Hall–Kier alpha value is -1.82. The summed E-state index contributed by atoms with van der Waals surface area (Å²) in [7, 11) is -7.11. The molecule has 0 spiro atoms. The van der Waals surface area contributed by atoms with Crippen molar-refractivity contribution in [1.82, 2.24) is 19.2 Å². The third-order valence-electron chi connectivity index (χ3n) is 6.10. The summed E-state index contributed by atoms with van der Waals surface area (Å²) in [6.45, 7) is 13.8. The van der Waals surface area contributed by atoms with Crippen molar-refractivity contribution in [3.8, 4) is 0 Å². The molecular weight excluding hydrogens is 484 g/mol. The average Bonchev–Trinajstić information content (AvgIpc) is 2.85. The molecule has 0 saturated carbocycles. The molecule has 2 rings (SSSR count). The second-order valence-electron chi connectivity index (χ2n) is 8.31. The van der Waals surface area contributed by atoms with E-state index in [1.165, 1.54) is 0 Å². The average molecular weight is 525 g/mol. The van der Waals surface area contributed by atoms with E-state index in [2.05, 4.69) is 46.9 Å². The first-order chi connectivity index (χ1) is 16.6. The second kappa shape index (κ2) is 14.1. The third kappa shape index (κ3) is 9.29. The minimum Gasteiger partial charge on any atom is -0.303 e. The predicted octanol–water partition coefficient (Wildman–Crippen LogP) is 2.52. The van der Waals surface area contributed by atoms with E-state index in [1.807, 2.05) is 0 Å². The Balaban J connectivity index is 1.94. The van der Waals surface area contributed by atoms with Crippen LogP contribution >= 0.6 is 0 Å². The zero-order valence-electron chi connectivity index (χ0n) is 21.3. The topological polar surface area (TPSA) is 98.8 Å². The summed E-state index contributed by atoms with van der Waals surface area (Å²) in [4.78, 5) is 4.78.